The summed E-state index contributed by atoms with van der Waals surface area (Å²) in [5.74, 6) is -0.628. The Bertz CT molecular complexity index is 1120. The highest BCUT2D eigenvalue weighted by Gasteiger charge is 2.51. The first-order valence-corrected chi connectivity index (χ1v) is 9.60. The summed E-state index contributed by atoms with van der Waals surface area (Å²) in [4.78, 5) is 25.6. The molecule has 3 aliphatic rings. The van der Waals surface area contributed by atoms with Gasteiger partial charge in [0.2, 0.25) is 11.2 Å². The molecule has 3 N–H and O–H groups in total. The van der Waals surface area contributed by atoms with E-state index in [-0.39, 0.29) is 29.5 Å². The molecule has 3 aliphatic heterocycles. The zero-order valence-electron chi connectivity index (χ0n) is 16.3. The predicted octanol–water partition coefficient (Wildman–Crippen LogP) is 0.669. The molecule has 0 saturated carbocycles. The largest absolute Gasteiger partial charge is 0.511 e. The van der Waals surface area contributed by atoms with E-state index in [1.54, 1.807) is 16.7 Å². The lowest BCUT2D eigenvalue weighted by molar-refractivity contribution is 0.0126. The fraction of sp³-hybridized carbons (Fsp3) is 0.474. The number of hydrogen-bond acceptors (Lipinski definition) is 8. The number of carbonyl (C=O) groups is 1. The summed E-state index contributed by atoms with van der Waals surface area (Å²) in [6, 6.07) is 1.11. The van der Waals surface area contributed by atoms with Crippen LogP contribution in [0.5, 0.6) is 11.5 Å². The minimum absolute atomic E-state index is 0.0271. The van der Waals surface area contributed by atoms with Crippen LogP contribution in [-0.4, -0.2) is 61.6 Å². The van der Waals surface area contributed by atoms with Gasteiger partial charge in [-0.3, -0.25) is 14.5 Å². The zero-order chi connectivity index (χ0) is 21.2. The lowest BCUT2D eigenvalue weighted by Gasteiger charge is -2.34. The van der Waals surface area contributed by atoms with Crippen molar-refractivity contribution in [2.45, 2.75) is 12.0 Å². The van der Waals surface area contributed by atoms with Gasteiger partial charge in [0.25, 0.3) is 0 Å². The van der Waals surface area contributed by atoms with Gasteiger partial charge in [-0.25, -0.2) is 9.18 Å². The molecule has 1 aromatic carbocycles. The molecule has 0 spiro atoms. The maximum atomic E-state index is 15.3. The number of fused-ring (bicyclic) bond motifs is 1. The summed E-state index contributed by atoms with van der Waals surface area (Å²) in [5.41, 5.74) is 5.35. The van der Waals surface area contributed by atoms with Crippen molar-refractivity contribution < 1.29 is 28.5 Å². The number of nitrogens with two attached hydrogens (primary N) is 1. The highest BCUT2D eigenvalue weighted by atomic mass is 19.1. The number of benzene rings is 1. The first-order valence-electron chi connectivity index (χ1n) is 9.60. The van der Waals surface area contributed by atoms with E-state index in [0.717, 1.165) is 12.5 Å². The molecule has 0 aliphatic carbocycles. The van der Waals surface area contributed by atoms with E-state index >= 15 is 4.39 Å². The molecule has 160 valence electrons. The maximum absolute atomic E-state index is 15.3. The van der Waals surface area contributed by atoms with Gasteiger partial charge in [-0.15, -0.1) is 0 Å². The van der Waals surface area contributed by atoms with Gasteiger partial charge in [0.1, 0.15) is 16.8 Å². The number of hydrogen-bond donors (Lipinski definition) is 2. The first kappa shape index (κ1) is 18.9. The van der Waals surface area contributed by atoms with Gasteiger partial charge in [-0.05, 0) is 12.5 Å². The van der Waals surface area contributed by atoms with Crippen molar-refractivity contribution in [2.24, 2.45) is 11.7 Å². The maximum Gasteiger partial charge on any atom is 0.511 e. The van der Waals surface area contributed by atoms with Crippen LogP contribution in [0.25, 0.3) is 10.9 Å². The van der Waals surface area contributed by atoms with Crippen LogP contribution in [0.1, 0.15) is 6.42 Å². The van der Waals surface area contributed by atoms with Gasteiger partial charge in [0.05, 0.1) is 11.6 Å². The molecular weight excluding hydrogens is 399 g/mol. The van der Waals surface area contributed by atoms with Crippen molar-refractivity contribution in [3.05, 3.63) is 28.3 Å². The second kappa shape index (κ2) is 6.47. The third-order valence-electron chi connectivity index (χ3n) is 6.24. The third-order valence-corrected chi connectivity index (χ3v) is 6.24. The van der Waals surface area contributed by atoms with Crippen LogP contribution in [0, 0.1) is 11.7 Å². The summed E-state index contributed by atoms with van der Waals surface area (Å²) < 4.78 is 33.3. The van der Waals surface area contributed by atoms with Crippen LogP contribution in [-0.2, 0) is 4.74 Å². The molecule has 0 radical (unpaired) electrons. The summed E-state index contributed by atoms with van der Waals surface area (Å²) >= 11 is 0. The number of nitrogens with zero attached hydrogens (tertiary/aromatic N) is 3. The molecule has 5 rings (SSSR count). The topological polar surface area (TPSA) is 119 Å². The van der Waals surface area contributed by atoms with Crippen LogP contribution < -0.4 is 30.5 Å². The van der Waals surface area contributed by atoms with Gasteiger partial charge in [-0.1, -0.05) is 0 Å². The van der Waals surface area contributed by atoms with Gasteiger partial charge >= 0.3 is 6.16 Å². The fourth-order valence-electron chi connectivity index (χ4n) is 4.79. The Morgan fingerprint density at radius 2 is 2.30 bits per heavy atom. The molecule has 11 heteroatoms. The molecule has 10 nitrogen and oxygen atoms in total. The minimum atomic E-state index is -1.62. The normalized spacial score (nSPS) is 24.8. The smallest absolute Gasteiger partial charge is 0.467 e. The molecule has 2 fully saturated rings. The van der Waals surface area contributed by atoms with Crippen molar-refractivity contribution in [1.82, 2.24) is 4.68 Å². The van der Waals surface area contributed by atoms with Crippen LogP contribution in [0.3, 0.4) is 0 Å². The van der Waals surface area contributed by atoms with E-state index in [4.69, 9.17) is 20.3 Å². The number of rotatable bonds is 3. The van der Waals surface area contributed by atoms with E-state index in [2.05, 4.69) is 4.74 Å². The van der Waals surface area contributed by atoms with Gasteiger partial charge in [0.15, 0.2) is 18.3 Å². The number of halogens is 1. The molecule has 0 amide bonds. The Labute approximate surface area is 170 Å². The Morgan fingerprint density at radius 3 is 3.00 bits per heavy atom. The lowest BCUT2D eigenvalue weighted by Crippen LogP contribution is -2.44. The quantitative estimate of drug-likeness (QED) is 0.691. The molecule has 2 aromatic rings. The Kier molecular flexibility index (Phi) is 4.09. The molecule has 2 saturated heterocycles. The third kappa shape index (κ3) is 2.55. The summed E-state index contributed by atoms with van der Waals surface area (Å²) in [6.45, 7) is 2.03. The van der Waals surface area contributed by atoms with Gasteiger partial charge < -0.3 is 30.0 Å². The number of carboxylic acid groups (broad SMARTS) is 1. The average molecular weight is 420 g/mol. The van der Waals surface area contributed by atoms with E-state index in [0.29, 0.717) is 31.8 Å². The van der Waals surface area contributed by atoms with E-state index in [1.807, 2.05) is 4.90 Å². The Morgan fingerprint density at radius 1 is 1.50 bits per heavy atom. The van der Waals surface area contributed by atoms with Crippen LogP contribution in [0.2, 0.25) is 0 Å². The molecule has 30 heavy (non-hydrogen) atoms. The monoisotopic (exact) mass is 420 g/mol. The molecule has 4 heterocycles. The van der Waals surface area contributed by atoms with Crippen molar-refractivity contribution in [3.8, 4) is 11.5 Å². The van der Waals surface area contributed by atoms with Crippen molar-refractivity contribution in [2.75, 3.05) is 49.9 Å². The highest BCUT2D eigenvalue weighted by Crippen LogP contribution is 2.46. The lowest BCUT2D eigenvalue weighted by atomic mass is 9.91. The Balaban J connectivity index is 1.70. The van der Waals surface area contributed by atoms with E-state index in [1.165, 1.54) is 6.20 Å². The number of anilines is 1. The van der Waals surface area contributed by atoms with Crippen LogP contribution in [0.4, 0.5) is 14.9 Å². The molecule has 0 bridgehead atoms. The number of ether oxygens (including phenoxy) is 3. The van der Waals surface area contributed by atoms with Gasteiger partial charge in [0, 0.05) is 39.2 Å². The zero-order valence-corrected chi connectivity index (χ0v) is 16.3. The molecule has 1 aromatic heterocycles. The Hall–Kier alpha value is -3.05. The summed E-state index contributed by atoms with van der Waals surface area (Å²) in [7, 11) is 1.69. The summed E-state index contributed by atoms with van der Waals surface area (Å²) in [6.07, 6.45) is 0.500. The van der Waals surface area contributed by atoms with E-state index < -0.39 is 28.8 Å². The molecular formula is C19H21FN4O6. The highest BCUT2D eigenvalue weighted by molar-refractivity contribution is 5.93. The van der Waals surface area contributed by atoms with E-state index in [9.17, 15) is 9.59 Å². The SMILES string of the molecule is CN1COc2c(N3CC4CCOC4(CN)C3)c(F)cc3c(=O)c(OC(=O)O)cn1c23. The van der Waals surface area contributed by atoms with Crippen molar-refractivity contribution in [1.29, 1.82) is 0 Å². The van der Waals surface area contributed by atoms with Gasteiger partial charge in [-0.2, -0.15) is 0 Å². The van der Waals surface area contributed by atoms with Crippen LogP contribution >= 0.6 is 0 Å². The first-order chi connectivity index (χ1) is 14.3. The number of aromatic nitrogens is 1. The average Bonchev–Trinajstić information content (AvgIpc) is 3.24. The number of pyridine rings is 1. The molecule has 2 atom stereocenters. The van der Waals surface area contributed by atoms with Crippen molar-refractivity contribution in [3.63, 3.8) is 0 Å². The minimum Gasteiger partial charge on any atom is -0.467 e. The standard InChI is InChI=1S/C19H21FN4O6/c1-22-9-28-17-14-11(16(25)13(6-24(14)22)30-18(26)27)4-12(20)15(17)23-5-10-2-3-29-19(10,7-21)8-23/h4,6,10H,2-3,5,7-9,21H2,1H3,(H,26,27). The van der Waals surface area contributed by atoms with Crippen molar-refractivity contribution >= 4 is 22.7 Å². The van der Waals surface area contributed by atoms with Crippen LogP contribution in [0.15, 0.2) is 17.1 Å². The second-order valence-corrected chi connectivity index (χ2v) is 7.88. The predicted molar refractivity (Wildman–Crippen MR) is 105 cm³/mol. The fourth-order valence-corrected chi connectivity index (χ4v) is 4.79. The second-order valence-electron chi connectivity index (χ2n) is 7.88. The summed E-state index contributed by atoms with van der Waals surface area (Å²) in [5, 5.41) is 10.5. The molecule has 2 unspecified atom stereocenters.